The van der Waals surface area contributed by atoms with Crippen LogP contribution in [0.4, 0.5) is 0 Å². The van der Waals surface area contributed by atoms with E-state index in [0.717, 1.165) is 12.1 Å². The van der Waals surface area contributed by atoms with Crippen LogP contribution in [0.2, 0.25) is 0 Å². The Morgan fingerprint density at radius 3 is 2.23 bits per heavy atom. The number of aliphatic hydroxyl groups is 1. The topological polar surface area (TPSA) is 127 Å². The lowest BCUT2D eigenvalue weighted by Crippen LogP contribution is -2.36. The molecule has 0 saturated carbocycles. The number of phenols is 4. The number of aliphatic hydroxyl groups excluding tert-OH is 1. The maximum absolute atomic E-state index is 12.2. The lowest BCUT2D eigenvalue weighted by Gasteiger charge is -2.30. The van der Waals surface area contributed by atoms with Gasteiger partial charge in [0.05, 0.1) is 5.56 Å². The van der Waals surface area contributed by atoms with Crippen molar-refractivity contribution in [1.29, 1.82) is 0 Å². The van der Waals surface area contributed by atoms with Gasteiger partial charge in [0.1, 0.15) is 11.5 Å². The molecule has 7 nitrogen and oxygen atoms in total. The van der Waals surface area contributed by atoms with Crippen LogP contribution in [0.3, 0.4) is 0 Å². The lowest BCUT2D eigenvalue weighted by molar-refractivity contribution is 0.0214. The first kappa shape index (κ1) is 14.0. The van der Waals surface area contributed by atoms with Crippen molar-refractivity contribution in [1.82, 2.24) is 0 Å². The van der Waals surface area contributed by atoms with E-state index in [-0.39, 0.29) is 22.6 Å². The number of benzene rings is 2. The molecule has 1 aliphatic heterocycles. The third-order valence-electron chi connectivity index (χ3n) is 3.46. The van der Waals surface area contributed by atoms with Gasteiger partial charge in [0.2, 0.25) is 0 Å². The quantitative estimate of drug-likeness (QED) is 0.501. The number of aromatic hydroxyl groups is 4. The molecular formula is C15H12O7. The minimum absolute atomic E-state index is 0.0763. The van der Waals surface area contributed by atoms with Gasteiger partial charge in [-0.05, 0) is 24.3 Å². The number of Topliss-reactive ketones (excluding diaryl/α,β-unsaturated/α-hetero) is 1. The third kappa shape index (κ3) is 2.08. The number of hydrogen-bond donors (Lipinski definition) is 5. The summed E-state index contributed by atoms with van der Waals surface area (Å²) in [7, 11) is 0. The summed E-state index contributed by atoms with van der Waals surface area (Å²) < 4.78 is 5.50. The summed E-state index contributed by atoms with van der Waals surface area (Å²) in [6.45, 7) is 0. The molecule has 114 valence electrons. The summed E-state index contributed by atoms with van der Waals surface area (Å²) in [6.07, 6.45) is -2.75. The van der Waals surface area contributed by atoms with Crippen molar-refractivity contribution in [3.05, 3.63) is 41.5 Å². The third-order valence-corrected chi connectivity index (χ3v) is 3.46. The molecule has 0 unspecified atom stereocenters. The Kier molecular flexibility index (Phi) is 3.07. The number of carbonyl (C=O) groups excluding carboxylic acids is 1. The van der Waals surface area contributed by atoms with E-state index in [1.807, 2.05) is 0 Å². The van der Waals surface area contributed by atoms with Crippen molar-refractivity contribution in [2.24, 2.45) is 0 Å². The summed E-state index contributed by atoms with van der Waals surface area (Å²) in [5.41, 5.74) is 0.219. The Bertz CT molecular complexity index is 745. The SMILES string of the molecule is O=C1c2ccc(O)cc2O[C@@H](c2cc(O)c(O)c(O)c2)[C@@H]1O. The second-order valence-electron chi connectivity index (χ2n) is 4.94. The van der Waals surface area contributed by atoms with Crippen LogP contribution < -0.4 is 4.74 Å². The van der Waals surface area contributed by atoms with Crippen LogP contribution in [0.5, 0.6) is 28.7 Å². The zero-order valence-electron chi connectivity index (χ0n) is 11.1. The number of ketones is 1. The lowest BCUT2D eigenvalue weighted by atomic mass is 9.93. The molecule has 0 amide bonds. The van der Waals surface area contributed by atoms with Crippen molar-refractivity contribution < 1.29 is 35.1 Å². The first-order valence-corrected chi connectivity index (χ1v) is 6.35. The monoisotopic (exact) mass is 304 g/mol. The zero-order chi connectivity index (χ0) is 16.0. The van der Waals surface area contributed by atoms with E-state index in [2.05, 4.69) is 0 Å². The van der Waals surface area contributed by atoms with Gasteiger partial charge in [-0.15, -0.1) is 0 Å². The maximum Gasteiger partial charge on any atom is 0.200 e. The highest BCUT2D eigenvalue weighted by Crippen LogP contribution is 2.42. The number of carbonyl (C=O) groups is 1. The van der Waals surface area contributed by atoms with Gasteiger partial charge >= 0.3 is 0 Å². The van der Waals surface area contributed by atoms with E-state index in [9.17, 15) is 30.3 Å². The summed E-state index contributed by atoms with van der Waals surface area (Å²) in [5, 5.41) is 48.0. The van der Waals surface area contributed by atoms with Gasteiger partial charge in [0.15, 0.2) is 35.2 Å². The van der Waals surface area contributed by atoms with E-state index >= 15 is 0 Å². The van der Waals surface area contributed by atoms with Gasteiger partial charge in [-0.1, -0.05) is 0 Å². The fourth-order valence-electron chi connectivity index (χ4n) is 2.35. The van der Waals surface area contributed by atoms with Gasteiger partial charge < -0.3 is 30.3 Å². The molecule has 0 bridgehead atoms. The van der Waals surface area contributed by atoms with Crippen LogP contribution in [-0.2, 0) is 0 Å². The minimum Gasteiger partial charge on any atom is -0.508 e. The molecule has 0 spiro atoms. The van der Waals surface area contributed by atoms with Crippen LogP contribution in [-0.4, -0.2) is 37.4 Å². The molecule has 3 rings (SSSR count). The average Bonchev–Trinajstić information content (AvgIpc) is 2.47. The van der Waals surface area contributed by atoms with Crippen LogP contribution in [0.15, 0.2) is 30.3 Å². The smallest absolute Gasteiger partial charge is 0.200 e. The van der Waals surface area contributed by atoms with Crippen molar-refractivity contribution in [2.75, 3.05) is 0 Å². The van der Waals surface area contributed by atoms with Crippen molar-refractivity contribution in [3.8, 4) is 28.7 Å². The molecule has 2 atom stereocenters. The molecule has 0 saturated heterocycles. The van der Waals surface area contributed by atoms with E-state index in [1.54, 1.807) is 0 Å². The molecule has 2 aromatic rings. The van der Waals surface area contributed by atoms with Gasteiger partial charge in [-0.25, -0.2) is 0 Å². The molecule has 0 aliphatic carbocycles. The van der Waals surface area contributed by atoms with Crippen molar-refractivity contribution >= 4 is 5.78 Å². The van der Waals surface area contributed by atoms with Gasteiger partial charge in [-0.2, -0.15) is 0 Å². The summed E-state index contributed by atoms with van der Waals surface area (Å²) in [6, 6.07) is 6.00. The standard InChI is InChI=1S/C15H12O7/c16-7-1-2-8-11(5-7)22-15(14(21)12(8)19)6-3-9(17)13(20)10(18)4-6/h1-5,14-18,20-21H/t14-,15+/m1/s1. The number of hydrogen-bond acceptors (Lipinski definition) is 7. The molecule has 0 fully saturated rings. The summed E-state index contributed by atoms with van der Waals surface area (Å²) in [4.78, 5) is 12.2. The van der Waals surface area contributed by atoms with Crippen LogP contribution in [0.25, 0.3) is 0 Å². The van der Waals surface area contributed by atoms with E-state index in [0.29, 0.717) is 0 Å². The predicted molar refractivity (Wildman–Crippen MR) is 73.2 cm³/mol. The molecule has 7 heteroatoms. The molecule has 1 aliphatic rings. The van der Waals surface area contributed by atoms with E-state index in [1.165, 1.54) is 18.2 Å². The molecule has 0 radical (unpaired) electrons. The Balaban J connectivity index is 2.08. The van der Waals surface area contributed by atoms with Crippen molar-refractivity contribution in [2.45, 2.75) is 12.2 Å². The second kappa shape index (κ2) is 4.81. The number of phenolic OH excluding ortho intramolecular Hbond substituents is 4. The Morgan fingerprint density at radius 2 is 1.59 bits per heavy atom. The van der Waals surface area contributed by atoms with Crippen molar-refractivity contribution in [3.63, 3.8) is 0 Å². The first-order valence-electron chi connectivity index (χ1n) is 6.35. The minimum atomic E-state index is -1.56. The predicted octanol–water partition coefficient (Wildman–Crippen LogP) is 1.19. The summed E-state index contributed by atoms with van der Waals surface area (Å²) >= 11 is 0. The van der Waals surface area contributed by atoms with Crippen LogP contribution in [0, 0.1) is 0 Å². The number of fused-ring (bicyclic) bond motifs is 1. The first-order chi connectivity index (χ1) is 10.4. The van der Waals surface area contributed by atoms with E-state index in [4.69, 9.17) is 4.74 Å². The molecule has 2 aromatic carbocycles. The van der Waals surface area contributed by atoms with E-state index < -0.39 is 35.2 Å². The van der Waals surface area contributed by atoms with Crippen LogP contribution in [0.1, 0.15) is 22.0 Å². The maximum atomic E-state index is 12.2. The Labute approximate surface area is 124 Å². The van der Waals surface area contributed by atoms with Crippen LogP contribution >= 0.6 is 0 Å². The molecule has 1 heterocycles. The second-order valence-corrected chi connectivity index (χ2v) is 4.94. The van der Waals surface area contributed by atoms with Gasteiger partial charge in [-0.3, -0.25) is 4.79 Å². The highest BCUT2D eigenvalue weighted by molar-refractivity contribution is 6.03. The molecule has 22 heavy (non-hydrogen) atoms. The number of ether oxygens (including phenoxy) is 1. The van der Waals surface area contributed by atoms with Gasteiger partial charge in [0, 0.05) is 11.6 Å². The molecular weight excluding hydrogens is 292 g/mol. The highest BCUT2D eigenvalue weighted by Gasteiger charge is 2.37. The number of rotatable bonds is 1. The average molecular weight is 304 g/mol. The molecule has 0 aromatic heterocycles. The zero-order valence-corrected chi connectivity index (χ0v) is 11.1. The fourth-order valence-corrected chi connectivity index (χ4v) is 2.35. The highest BCUT2D eigenvalue weighted by atomic mass is 16.5. The Morgan fingerprint density at radius 1 is 0.955 bits per heavy atom. The van der Waals surface area contributed by atoms with Gasteiger partial charge in [0.25, 0.3) is 0 Å². The Hall–Kier alpha value is -2.93. The largest absolute Gasteiger partial charge is 0.508 e. The molecule has 5 N–H and O–H groups in total. The normalized spacial score (nSPS) is 20.3. The summed E-state index contributed by atoms with van der Waals surface area (Å²) in [5.74, 6) is -2.58. The fraction of sp³-hybridized carbons (Fsp3) is 0.133.